The zero-order valence-corrected chi connectivity index (χ0v) is 17.7. The number of primary amides is 1. The summed E-state index contributed by atoms with van der Waals surface area (Å²) in [6, 6.07) is 4.36. The Morgan fingerprint density at radius 2 is 2.00 bits per heavy atom. The molecule has 0 spiro atoms. The molecule has 1 fully saturated rings. The number of carbonyl (C=O) groups is 2. The van der Waals surface area contributed by atoms with Crippen LogP contribution in [0.25, 0.3) is 0 Å². The third-order valence-electron chi connectivity index (χ3n) is 4.89. The van der Waals surface area contributed by atoms with E-state index in [1.807, 2.05) is 0 Å². The maximum absolute atomic E-state index is 12.6. The highest BCUT2D eigenvalue weighted by atomic mass is 19.4. The molecule has 1 saturated heterocycles. The average Bonchev–Trinajstić information content (AvgIpc) is 2.70. The van der Waals surface area contributed by atoms with E-state index < -0.39 is 18.7 Å². The zero-order valence-electron chi connectivity index (χ0n) is 17.7. The van der Waals surface area contributed by atoms with Crippen LogP contribution >= 0.6 is 0 Å². The fraction of sp³-hybridized carbons (Fsp3) is 0.619. The molecule has 1 aromatic rings. The quantitative estimate of drug-likeness (QED) is 0.511. The third-order valence-corrected chi connectivity index (χ3v) is 4.89. The summed E-state index contributed by atoms with van der Waals surface area (Å²) in [6.45, 7) is 1.48. The van der Waals surface area contributed by atoms with Crippen LogP contribution in [0.2, 0.25) is 0 Å². The van der Waals surface area contributed by atoms with Crippen molar-refractivity contribution in [3.05, 3.63) is 18.2 Å². The average molecular weight is 445 g/mol. The van der Waals surface area contributed by atoms with Gasteiger partial charge in [-0.05, 0) is 44.4 Å². The summed E-state index contributed by atoms with van der Waals surface area (Å²) in [6.07, 6.45) is -0.0933. The number of benzene rings is 1. The van der Waals surface area contributed by atoms with Crippen LogP contribution in [-0.4, -0.2) is 50.3 Å². The lowest BCUT2D eigenvalue weighted by Crippen LogP contribution is -2.45. The number of ether oxygens (including phenoxy) is 2. The van der Waals surface area contributed by atoms with Gasteiger partial charge in [-0.15, -0.1) is 0 Å². The van der Waals surface area contributed by atoms with E-state index >= 15 is 0 Å². The lowest BCUT2D eigenvalue weighted by atomic mass is 10.0. The van der Waals surface area contributed by atoms with Crippen molar-refractivity contribution in [2.45, 2.75) is 57.7 Å². The molecule has 174 valence electrons. The largest absolute Gasteiger partial charge is 0.491 e. The number of unbranched alkanes of at least 4 members (excludes halogenated alkanes) is 1. The number of carbonyl (C=O) groups excluding carboxylic acids is 2. The number of alkyl halides is 3. The number of nitrogens with one attached hydrogen (secondary N) is 1. The smallest absolute Gasteiger partial charge is 0.422 e. The molecule has 1 aliphatic heterocycles. The van der Waals surface area contributed by atoms with Crippen LogP contribution < -0.4 is 25.4 Å². The Morgan fingerprint density at radius 3 is 2.61 bits per heavy atom. The van der Waals surface area contributed by atoms with Crippen molar-refractivity contribution in [3.8, 4) is 11.5 Å². The minimum Gasteiger partial charge on any atom is -0.491 e. The molecule has 0 radical (unpaired) electrons. The molecule has 10 heteroatoms. The SMILES string of the molecule is CC(=O)N(CC1CCCCN1)c1cc(OCC(F)(F)F)ccc1OCCCCC(N)=O. The van der Waals surface area contributed by atoms with Crippen LogP contribution in [0.1, 0.15) is 45.4 Å². The summed E-state index contributed by atoms with van der Waals surface area (Å²) in [7, 11) is 0. The monoisotopic (exact) mass is 445 g/mol. The molecule has 1 aromatic carbocycles. The number of nitrogens with zero attached hydrogens (tertiary/aromatic N) is 1. The molecular formula is C21H30F3N3O4. The van der Waals surface area contributed by atoms with Crippen LogP contribution in [0.4, 0.5) is 18.9 Å². The summed E-state index contributed by atoms with van der Waals surface area (Å²) in [5.74, 6) is -0.283. The van der Waals surface area contributed by atoms with E-state index in [0.717, 1.165) is 25.8 Å². The van der Waals surface area contributed by atoms with E-state index in [1.54, 1.807) is 0 Å². The number of piperidine rings is 1. The van der Waals surface area contributed by atoms with Crippen molar-refractivity contribution in [2.75, 3.05) is 31.2 Å². The minimum atomic E-state index is -4.47. The number of nitrogens with two attached hydrogens (primary N) is 1. The molecule has 0 aliphatic carbocycles. The Balaban J connectivity index is 2.19. The van der Waals surface area contributed by atoms with Gasteiger partial charge in [0.05, 0.1) is 12.3 Å². The summed E-state index contributed by atoms with van der Waals surface area (Å²) in [5.41, 5.74) is 5.48. The lowest BCUT2D eigenvalue weighted by molar-refractivity contribution is -0.153. The second kappa shape index (κ2) is 11.8. The molecule has 1 atom stereocenters. The molecule has 3 N–H and O–H groups in total. The summed E-state index contributed by atoms with van der Waals surface area (Å²) >= 11 is 0. The summed E-state index contributed by atoms with van der Waals surface area (Å²) in [4.78, 5) is 24.8. The van der Waals surface area contributed by atoms with Gasteiger partial charge in [0, 0.05) is 32.0 Å². The maximum atomic E-state index is 12.6. The van der Waals surface area contributed by atoms with E-state index in [4.69, 9.17) is 15.2 Å². The van der Waals surface area contributed by atoms with E-state index in [1.165, 1.54) is 30.0 Å². The number of rotatable bonds is 11. The van der Waals surface area contributed by atoms with Crippen LogP contribution in [0, 0.1) is 0 Å². The van der Waals surface area contributed by atoms with Crippen LogP contribution in [0.3, 0.4) is 0 Å². The molecule has 1 unspecified atom stereocenters. The van der Waals surface area contributed by atoms with Gasteiger partial charge in [0.15, 0.2) is 6.61 Å². The van der Waals surface area contributed by atoms with Crippen LogP contribution in [0.15, 0.2) is 18.2 Å². The van der Waals surface area contributed by atoms with Crippen LogP contribution in [0.5, 0.6) is 11.5 Å². The van der Waals surface area contributed by atoms with Gasteiger partial charge in [-0.3, -0.25) is 9.59 Å². The van der Waals surface area contributed by atoms with Crippen molar-refractivity contribution >= 4 is 17.5 Å². The molecule has 0 saturated carbocycles. The first-order valence-corrected chi connectivity index (χ1v) is 10.4. The molecule has 1 heterocycles. The Kier molecular flexibility index (Phi) is 9.42. The maximum Gasteiger partial charge on any atom is 0.422 e. The first kappa shape index (κ1) is 24.8. The number of amides is 2. The fourth-order valence-corrected chi connectivity index (χ4v) is 3.37. The predicted octanol–water partition coefficient (Wildman–Crippen LogP) is 3.16. The summed E-state index contributed by atoms with van der Waals surface area (Å²) < 4.78 is 48.3. The molecule has 7 nitrogen and oxygen atoms in total. The zero-order chi connectivity index (χ0) is 22.9. The molecule has 1 aliphatic rings. The van der Waals surface area contributed by atoms with E-state index in [-0.39, 0.29) is 30.7 Å². The topological polar surface area (TPSA) is 93.9 Å². The number of halogens is 3. The van der Waals surface area contributed by atoms with E-state index in [0.29, 0.717) is 30.8 Å². The van der Waals surface area contributed by atoms with Gasteiger partial charge >= 0.3 is 6.18 Å². The Bertz CT molecular complexity index is 737. The molecular weight excluding hydrogens is 415 g/mol. The Hall–Kier alpha value is -2.49. The van der Waals surface area contributed by atoms with Crippen molar-refractivity contribution in [1.29, 1.82) is 0 Å². The van der Waals surface area contributed by atoms with Gasteiger partial charge in [0.1, 0.15) is 11.5 Å². The first-order chi connectivity index (χ1) is 14.7. The first-order valence-electron chi connectivity index (χ1n) is 10.4. The highest BCUT2D eigenvalue weighted by Gasteiger charge is 2.29. The summed E-state index contributed by atoms with van der Waals surface area (Å²) in [5, 5.41) is 3.37. The third kappa shape index (κ3) is 9.04. The number of anilines is 1. The lowest BCUT2D eigenvalue weighted by Gasteiger charge is -2.31. The molecule has 0 bridgehead atoms. The van der Waals surface area contributed by atoms with Crippen molar-refractivity contribution in [2.24, 2.45) is 5.73 Å². The normalized spacial score (nSPS) is 16.6. The van der Waals surface area contributed by atoms with Crippen molar-refractivity contribution in [3.63, 3.8) is 0 Å². The Morgan fingerprint density at radius 1 is 1.23 bits per heavy atom. The minimum absolute atomic E-state index is 0.00347. The van der Waals surface area contributed by atoms with Crippen molar-refractivity contribution < 1.29 is 32.2 Å². The second-order valence-electron chi connectivity index (χ2n) is 7.58. The highest BCUT2D eigenvalue weighted by molar-refractivity contribution is 5.93. The predicted molar refractivity (Wildman–Crippen MR) is 110 cm³/mol. The molecule has 2 rings (SSSR count). The van der Waals surface area contributed by atoms with Gasteiger partial charge in [-0.25, -0.2) is 0 Å². The fourth-order valence-electron chi connectivity index (χ4n) is 3.37. The van der Waals surface area contributed by atoms with E-state index in [9.17, 15) is 22.8 Å². The number of hydrogen-bond acceptors (Lipinski definition) is 5. The van der Waals surface area contributed by atoms with E-state index in [2.05, 4.69) is 5.32 Å². The van der Waals surface area contributed by atoms with Gasteiger partial charge in [-0.2, -0.15) is 13.2 Å². The van der Waals surface area contributed by atoms with Crippen molar-refractivity contribution in [1.82, 2.24) is 5.32 Å². The second-order valence-corrected chi connectivity index (χ2v) is 7.58. The van der Waals surface area contributed by atoms with Gasteiger partial charge in [-0.1, -0.05) is 6.42 Å². The van der Waals surface area contributed by atoms with Crippen LogP contribution in [-0.2, 0) is 9.59 Å². The molecule has 0 aromatic heterocycles. The number of hydrogen-bond donors (Lipinski definition) is 2. The molecule has 2 amide bonds. The van der Waals surface area contributed by atoms with Gasteiger partial charge in [0.25, 0.3) is 0 Å². The standard InChI is InChI=1S/C21H30F3N3O4/c1-15(28)27(13-16-6-2-4-10-26-16)18-12-17(31-14-21(22,23)24)8-9-19(18)30-11-5-3-7-20(25)29/h8-9,12,16,26H,2-7,10-11,13-14H2,1H3,(H2,25,29). The van der Waals surface area contributed by atoms with Gasteiger partial charge < -0.3 is 25.4 Å². The Labute approximate surface area is 180 Å². The highest BCUT2D eigenvalue weighted by Crippen LogP contribution is 2.34. The molecule has 31 heavy (non-hydrogen) atoms. The van der Waals surface area contributed by atoms with Gasteiger partial charge in [0.2, 0.25) is 11.8 Å².